The van der Waals surface area contributed by atoms with Crippen molar-refractivity contribution < 1.29 is 21.6 Å². The maximum absolute atomic E-state index is 12.9. The summed E-state index contributed by atoms with van der Waals surface area (Å²) in [5, 5.41) is 8.40. The molecule has 2 aliphatic rings. The first kappa shape index (κ1) is 21.0. The molecule has 0 radical (unpaired) electrons. The van der Waals surface area contributed by atoms with E-state index in [1.807, 2.05) is 6.92 Å². The molecule has 1 aromatic rings. The summed E-state index contributed by atoms with van der Waals surface area (Å²) < 4.78 is 55.9. The third kappa shape index (κ3) is 4.19. The molecule has 8 nitrogen and oxygen atoms in total. The number of nitrogens with one attached hydrogen (secondary N) is 1. The second kappa shape index (κ2) is 7.77. The van der Waals surface area contributed by atoms with Crippen molar-refractivity contribution >= 4 is 43.8 Å². The van der Waals surface area contributed by atoms with Gasteiger partial charge in [-0.05, 0) is 25.5 Å². The number of hydrogen-bond acceptors (Lipinski definition) is 7. The summed E-state index contributed by atoms with van der Waals surface area (Å²) in [6, 6.07) is 1.12. The largest absolute Gasteiger partial charge is 0.377 e. The van der Waals surface area contributed by atoms with Crippen molar-refractivity contribution in [1.82, 2.24) is 9.62 Å². The van der Waals surface area contributed by atoms with E-state index in [9.17, 15) is 16.8 Å². The summed E-state index contributed by atoms with van der Waals surface area (Å²) in [4.78, 5) is 0. The molecular weight excluding hydrogens is 410 g/mol. The molecule has 2 atom stereocenters. The number of nitrogens with two attached hydrogens (primary N) is 1. The van der Waals surface area contributed by atoms with Gasteiger partial charge in [-0.25, -0.2) is 22.0 Å². The zero-order valence-corrected chi connectivity index (χ0v) is 16.9. The molecule has 12 heteroatoms. The number of sulfonamides is 2. The zero-order valence-electron chi connectivity index (χ0n) is 13.7. The van der Waals surface area contributed by atoms with E-state index >= 15 is 0 Å². The molecule has 25 heavy (non-hydrogen) atoms. The SMILES string of the molecule is CCNC1CN(CC2CCCO2)S(=O)(=O)c2sc(S(N)(=O)=O)cc21.Cl. The Morgan fingerprint density at radius 1 is 1.48 bits per heavy atom. The van der Waals surface area contributed by atoms with Gasteiger partial charge in [-0.15, -0.1) is 23.7 Å². The lowest BCUT2D eigenvalue weighted by atomic mass is 10.1. The van der Waals surface area contributed by atoms with Crippen LogP contribution in [-0.2, 0) is 24.8 Å². The third-order valence-corrected chi connectivity index (χ3v) is 9.13. The van der Waals surface area contributed by atoms with Crippen molar-refractivity contribution in [2.24, 2.45) is 5.14 Å². The van der Waals surface area contributed by atoms with Gasteiger partial charge in [0.25, 0.3) is 10.0 Å². The maximum Gasteiger partial charge on any atom is 0.253 e. The Balaban J connectivity index is 0.00000225. The molecule has 1 saturated heterocycles. The second-order valence-electron chi connectivity index (χ2n) is 5.92. The van der Waals surface area contributed by atoms with Gasteiger partial charge in [0.1, 0.15) is 8.42 Å². The van der Waals surface area contributed by atoms with Crippen LogP contribution in [0.4, 0.5) is 0 Å². The fourth-order valence-corrected chi connectivity index (χ4v) is 7.38. The quantitative estimate of drug-likeness (QED) is 0.706. The molecule has 3 N–H and O–H groups in total. The van der Waals surface area contributed by atoms with Gasteiger partial charge < -0.3 is 10.1 Å². The normalized spacial score (nSPS) is 26.2. The average Bonchev–Trinajstić information content (AvgIpc) is 3.13. The van der Waals surface area contributed by atoms with Crippen LogP contribution in [0.1, 0.15) is 31.4 Å². The van der Waals surface area contributed by atoms with Gasteiger partial charge in [0.05, 0.1) is 6.10 Å². The average molecular weight is 432 g/mol. The van der Waals surface area contributed by atoms with Crippen molar-refractivity contribution in [3.05, 3.63) is 11.6 Å². The van der Waals surface area contributed by atoms with E-state index in [-0.39, 0.29) is 46.1 Å². The molecule has 0 aliphatic carbocycles. The Kier molecular flexibility index (Phi) is 6.54. The van der Waals surface area contributed by atoms with Crippen LogP contribution in [0, 0.1) is 0 Å². The molecule has 0 spiro atoms. The first-order chi connectivity index (χ1) is 11.2. The number of ether oxygens (including phenoxy) is 1. The highest BCUT2D eigenvalue weighted by atomic mass is 35.5. The van der Waals surface area contributed by atoms with Crippen LogP contribution in [0.2, 0.25) is 0 Å². The number of halogens is 1. The van der Waals surface area contributed by atoms with Crippen molar-refractivity contribution in [2.75, 3.05) is 26.2 Å². The standard InChI is InChI=1S/C13H21N3O5S3.ClH/c1-2-15-11-8-16(7-9-4-3-5-21-9)24(19,20)13-10(11)6-12(22-13)23(14,17)18;/h6,9,11,15H,2-5,7-8H2,1H3,(H2,14,17,18);1H. The number of rotatable bonds is 5. The first-order valence-electron chi connectivity index (χ1n) is 7.75. The van der Waals surface area contributed by atoms with Gasteiger partial charge in [-0.2, -0.15) is 4.31 Å². The summed E-state index contributed by atoms with van der Waals surface area (Å²) >= 11 is 0.717. The van der Waals surface area contributed by atoms with Crippen LogP contribution in [-0.4, -0.2) is 53.5 Å². The summed E-state index contributed by atoms with van der Waals surface area (Å²) in [5.41, 5.74) is 0.481. The molecule has 3 rings (SSSR count). The lowest BCUT2D eigenvalue weighted by molar-refractivity contribution is 0.0912. The van der Waals surface area contributed by atoms with E-state index in [1.54, 1.807) is 0 Å². The molecule has 0 aromatic carbocycles. The molecule has 0 bridgehead atoms. The summed E-state index contributed by atoms with van der Waals surface area (Å²) in [6.07, 6.45) is 1.65. The molecular formula is C13H22ClN3O5S3. The van der Waals surface area contributed by atoms with Gasteiger partial charge in [-0.1, -0.05) is 6.92 Å². The van der Waals surface area contributed by atoms with Crippen molar-refractivity contribution in [2.45, 2.75) is 40.3 Å². The Labute approximate surface area is 158 Å². The van der Waals surface area contributed by atoms with Crippen LogP contribution in [0.3, 0.4) is 0 Å². The maximum atomic E-state index is 12.9. The molecule has 0 amide bonds. The predicted molar refractivity (Wildman–Crippen MR) is 97.1 cm³/mol. The molecule has 1 fully saturated rings. The minimum Gasteiger partial charge on any atom is -0.377 e. The Morgan fingerprint density at radius 3 is 2.76 bits per heavy atom. The van der Waals surface area contributed by atoms with Gasteiger partial charge in [0.2, 0.25) is 10.0 Å². The Morgan fingerprint density at radius 2 is 2.20 bits per heavy atom. The molecule has 2 aliphatic heterocycles. The summed E-state index contributed by atoms with van der Waals surface area (Å²) in [6.45, 7) is 3.74. The van der Waals surface area contributed by atoms with E-state index in [0.717, 1.165) is 24.2 Å². The van der Waals surface area contributed by atoms with Gasteiger partial charge >= 0.3 is 0 Å². The smallest absolute Gasteiger partial charge is 0.253 e. The highest BCUT2D eigenvalue weighted by Crippen LogP contribution is 2.40. The van der Waals surface area contributed by atoms with Crippen LogP contribution in [0.15, 0.2) is 14.5 Å². The number of likely N-dealkylation sites (N-methyl/N-ethyl adjacent to an activating group) is 1. The van der Waals surface area contributed by atoms with Gasteiger partial charge in [0.15, 0.2) is 0 Å². The lowest BCUT2D eigenvalue weighted by Crippen LogP contribution is -2.46. The van der Waals surface area contributed by atoms with Crippen LogP contribution >= 0.6 is 23.7 Å². The van der Waals surface area contributed by atoms with E-state index < -0.39 is 20.0 Å². The zero-order chi connectivity index (χ0) is 17.5. The fraction of sp³-hybridized carbons (Fsp3) is 0.692. The van der Waals surface area contributed by atoms with Crippen LogP contribution in [0.25, 0.3) is 0 Å². The molecule has 2 unspecified atom stereocenters. The van der Waals surface area contributed by atoms with E-state index in [0.29, 0.717) is 18.7 Å². The number of fused-ring (bicyclic) bond motifs is 1. The Hall–Kier alpha value is -0.270. The number of nitrogens with zero attached hydrogens (tertiary/aromatic N) is 1. The molecule has 0 saturated carbocycles. The summed E-state index contributed by atoms with van der Waals surface area (Å²) in [5.74, 6) is 0. The lowest BCUT2D eigenvalue weighted by Gasteiger charge is -2.33. The first-order valence-corrected chi connectivity index (χ1v) is 11.6. The number of primary sulfonamides is 1. The minimum atomic E-state index is -3.94. The fourth-order valence-electron chi connectivity index (χ4n) is 3.08. The van der Waals surface area contributed by atoms with Crippen LogP contribution < -0.4 is 10.5 Å². The monoisotopic (exact) mass is 431 g/mol. The summed E-state index contributed by atoms with van der Waals surface area (Å²) in [7, 11) is -7.69. The van der Waals surface area contributed by atoms with Crippen molar-refractivity contribution in [3.8, 4) is 0 Å². The number of thiophene rings is 1. The second-order valence-corrected chi connectivity index (χ2v) is 10.9. The van der Waals surface area contributed by atoms with Crippen LogP contribution in [0.5, 0.6) is 0 Å². The predicted octanol–water partition coefficient (Wildman–Crippen LogP) is 0.651. The van der Waals surface area contributed by atoms with E-state index in [4.69, 9.17) is 9.88 Å². The van der Waals surface area contributed by atoms with E-state index in [2.05, 4.69) is 5.32 Å². The third-order valence-electron chi connectivity index (χ3n) is 4.20. The molecule has 3 heterocycles. The molecule has 144 valence electrons. The minimum absolute atomic E-state index is 0. The highest BCUT2D eigenvalue weighted by Gasteiger charge is 2.41. The molecule has 1 aromatic heterocycles. The van der Waals surface area contributed by atoms with E-state index in [1.165, 1.54) is 10.4 Å². The van der Waals surface area contributed by atoms with Crippen molar-refractivity contribution in [1.29, 1.82) is 0 Å². The van der Waals surface area contributed by atoms with Gasteiger partial charge in [0, 0.05) is 31.3 Å². The van der Waals surface area contributed by atoms with Crippen molar-refractivity contribution in [3.63, 3.8) is 0 Å². The topological polar surface area (TPSA) is 119 Å². The highest BCUT2D eigenvalue weighted by molar-refractivity contribution is 7.94. The van der Waals surface area contributed by atoms with Gasteiger partial charge in [-0.3, -0.25) is 0 Å². The Bertz CT molecular complexity index is 818. The number of hydrogen-bond donors (Lipinski definition) is 2.